The highest BCUT2D eigenvalue weighted by Gasteiger charge is 2.39. The van der Waals surface area contributed by atoms with E-state index in [0.717, 1.165) is 37.6 Å². The Hall–Kier alpha value is -3.48. The van der Waals surface area contributed by atoms with Crippen LogP contribution in [0, 0.1) is 5.82 Å². The maximum absolute atomic E-state index is 13.4. The van der Waals surface area contributed by atoms with Crippen molar-refractivity contribution in [2.75, 3.05) is 6.26 Å². The number of carbonyl (C=O) groups excluding carboxylic acids is 1. The number of amides is 1. The molecule has 0 N–H and O–H groups in total. The van der Waals surface area contributed by atoms with E-state index in [9.17, 15) is 30.8 Å². The van der Waals surface area contributed by atoms with E-state index >= 15 is 0 Å². The number of benzene rings is 1. The Balaban J connectivity index is 1.62. The van der Waals surface area contributed by atoms with Crippen LogP contribution in [0.4, 0.5) is 17.6 Å². The third-order valence-electron chi connectivity index (χ3n) is 5.20. The second-order valence-electron chi connectivity index (χ2n) is 7.80. The lowest BCUT2D eigenvalue weighted by Crippen LogP contribution is -2.33. The number of hydrogen-bond donors (Lipinski definition) is 0. The molecule has 1 amide bonds. The average molecular weight is 498 g/mol. The van der Waals surface area contributed by atoms with Crippen LogP contribution in [-0.4, -0.2) is 52.5 Å². The fourth-order valence-electron chi connectivity index (χ4n) is 3.39. The van der Waals surface area contributed by atoms with E-state index in [1.54, 1.807) is 6.20 Å². The van der Waals surface area contributed by atoms with Gasteiger partial charge in [0.15, 0.2) is 15.9 Å². The lowest BCUT2D eigenvalue weighted by atomic mass is 10.1. The van der Waals surface area contributed by atoms with Gasteiger partial charge in [0.25, 0.3) is 5.91 Å². The SMILES string of the molecule is C[C@H](Oc1ccc(S(C)(=O)=O)cc1C(=O)N1Cc2cn(-c3cncc(F)c3)nc2C1)C(F)(F)F. The standard InChI is InChI=1S/C21H18F4N4O4S/c1-12(21(23,24)25)33-19-4-3-16(34(2,31)32)6-17(19)20(30)28-9-13-10-29(27-18(13)11-28)15-5-14(22)7-26-8-15/h3-8,10,12H,9,11H2,1-2H3/t12-/m0/s1. The van der Waals surface area contributed by atoms with Gasteiger partial charge in [0.2, 0.25) is 0 Å². The summed E-state index contributed by atoms with van der Waals surface area (Å²) in [5.41, 5.74) is 1.21. The van der Waals surface area contributed by atoms with Gasteiger partial charge in [0.1, 0.15) is 11.6 Å². The Morgan fingerprint density at radius 1 is 1.18 bits per heavy atom. The molecule has 0 saturated heterocycles. The first kappa shape index (κ1) is 23.7. The van der Waals surface area contributed by atoms with Crippen LogP contribution in [0.2, 0.25) is 0 Å². The van der Waals surface area contributed by atoms with Crippen molar-refractivity contribution in [3.8, 4) is 11.4 Å². The predicted molar refractivity (Wildman–Crippen MR) is 111 cm³/mol. The molecule has 1 aliphatic rings. The van der Waals surface area contributed by atoms with Gasteiger partial charge in [-0.3, -0.25) is 9.78 Å². The summed E-state index contributed by atoms with van der Waals surface area (Å²) in [5, 5.41) is 4.33. The number of carbonyl (C=O) groups is 1. The van der Waals surface area contributed by atoms with Gasteiger partial charge < -0.3 is 9.64 Å². The maximum Gasteiger partial charge on any atom is 0.425 e. The fraction of sp³-hybridized carbons (Fsp3) is 0.286. The van der Waals surface area contributed by atoms with Crippen molar-refractivity contribution in [2.24, 2.45) is 0 Å². The van der Waals surface area contributed by atoms with Gasteiger partial charge in [-0.25, -0.2) is 17.5 Å². The molecule has 1 aromatic carbocycles. The van der Waals surface area contributed by atoms with Gasteiger partial charge in [-0.15, -0.1) is 0 Å². The number of rotatable bonds is 5. The van der Waals surface area contributed by atoms with Gasteiger partial charge in [0, 0.05) is 30.6 Å². The Bertz CT molecular complexity index is 1350. The zero-order chi connectivity index (χ0) is 24.8. The minimum Gasteiger partial charge on any atom is -0.480 e. The van der Waals surface area contributed by atoms with Crippen LogP contribution in [0.5, 0.6) is 5.75 Å². The van der Waals surface area contributed by atoms with Crippen molar-refractivity contribution >= 4 is 15.7 Å². The van der Waals surface area contributed by atoms with Crippen molar-refractivity contribution in [1.29, 1.82) is 0 Å². The molecule has 13 heteroatoms. The number of halogens is 4. The first-order chi connectivity index (χ1) is 15.8. The summed E-state index contributed by atoms with van der Waals surface area (Å²) in [6.45, 7) is 0.865. The molecule has 180 valence electrons. The molecule has 1 atom stereocenters. The molecule has 3 aromatic rings. The lowest BCUT2D eigenvalue weighted by Gasteiger charge is -2.22. The molecule has 0 unspecified atom stereocenters. The summed E-state index contributed by atoms with van der Waals surface area (Å²) in [6, 6.07) is 4.37. The Kier molecular flexibility index (Phi) is 5.84. The maximum atomic E-state index is 13.4. The molecule has 0 spiro atoms. The number of ether oxygens (including phenoxy) is 1. The van der Waals surface area contributed by atoms with Crippen molar-refractivity contribution in [2.45, 2.75) is 37.2 Å². The molecule has 34 heavy (non-hydrogen) atoms. The van der Waals surface area contributed by atoms with Crippen molar-refractivity contribution in [3.05, 3.63) is 65.5 Å². The Morgan fingerprint density at radius 2 is 1.91 bits per heavy atom. The second kappa shape index (κ2) is 8.38. The van der Waals surface area contributed by atoms with E-state index in [4.69, 9.17) is 4.74 Å². The zero-order valence-corrected chi connectivity index (χ0v) is 18.7. The molecule has 3 heterocycles. The normalized spacial score (nSPS) is 14.7. The summed E-state index contributed by atoms with van der Waals surface area (Å²) in [6.07, 6.45) is -1.93. The summed E-state index contributed by atoms with van der Waals surface area (Å²) in [4.78, 5) is 18.1. The van der Waals surface area contributed by atoms with Gasteiger partial charge in [-0.2, -0.15) is 18.3 Å². The molecule has 2 aromatic heterocycles. The predicted octanol–water partition coefficient (Wildman–Crippen LogP) is 3.30. The number of fused-ring (bicyclic) bond motifs is 1. The van der Waals surface area contributed by atoms with E-state index in [2.05, 4.69) is 10.1 Å². The highest BCUT2D eigenvalue weighted by molar-refractivity contribution is 7.90. The Labute approximate surface area is 191 Å². The van der Waals surface area contributed by atoms with Crippen LogP contribution in [0.15, 0.2) is 47.8 Å². The molecule has 0 radical (unpaired) electrons. The van der Waals surface area contributed by atoms with Gasteiger partial charge in [-0.1, -0.05) is 0 Å². The smallest absolute Gasteiger partial charge is 0.425 e. The van der Waals surface area contributed by atoms with E-state index < -0.39 is 33.8 Å². The monoisotopic (exact) mass is 498 g/mol. The highest BCUT2D eigenvalue weighted by Crippen LogP contribution is 2.32. The third kappa shape index (κ3) is 4.74. The number of hydrogen-bond acceptors (Lipinski definition) is 6. The number of sulfone groups is 1. The second-order valence-corrected chi connectivity index (χ2v) is 9.82. The summed E-state index contributed by atoms with van der Waals surface area (Å²) in [5.74, 6) is -1.65. The quantitative estimate of drug-likeness (QED) is 0.501. The van der Waals surface area contributed by atoms with E-state index in [0.29, 0.717) is 16.9 Å². The van der Waals surface area contributed by atoms with E-state index in [1.165, 1.54) is 21.8 Å². The number of nitrogens with zero attached hydrogens (tertiary/aromatic N) is 4. The molecular weight excluding hydrogens is 480 g/mol. The fourth-order valence-corrected chi connectivity index (χ4v) is 4.04. The average Bonchev–Trinajstić information content (AvgIpc) is 3.31. The lowest BCUT2D eigenvalue weighted by molar-refractivity contribution is -0.189. The topological polar surface area (TPSA) is 94.4 Å². The van der Waals surface area contributed by atoms with Gasteiger partial charge >= 0.3 is 6.18 Å². The van der Waals surface area contributed by atoms with Crippen molar-refractivity contribution < 1.29 is 35.5 Å². The highest BCUT2D eigenvalue weighted by atomic mass is 32.2. The van der Waals surface area contributed by atoms with Gasteiger partial charge in [-0.05, 0) is 25.1 Å². The molecule has 0 bridgehead atoms. The number of alkyl halides is 3. The minimum absolute atomic E-state index is 0.0152. The number of pyridine rings is 1. The van der Waals surface area contributed by atoms with Crippen LogP contribution in [0.3, 0.4) is 0 Å². The molecule has 0 aliphatic carbocycles. The number of aromatic nitrogens is 3. The van der Waals surface area contributed by atoms with Crippen LogP contribution in [-0.2, 0) is 22.9 Å². The van der Waals surface area contributed by atoms with Crippen LogP contribution >= 0.6 is 0 Å². The minimum atomic E-state index is -4.69. The largest absolute Gasteiger partial charge is 0.480 e. The molecule has 0 saturated carbocycles. The van der Waals surface area contributed by atoms with E-state index in [1.807, 2.05) is 0 Å². The molecule has 0 fully saturated rings. The first-order valence-electron chi connectivity index (χ1n) is 9.88. The van der Waals surface area contributed by atoms with E-state index in [-0.39, 0.29) is 29.3 Å². The van der Waals surface area contributed by atoms with Crippen molar-refractivity contribution in [3.63, 3.8) is 0 Å². The molecule has 4 rings (SSSR count). The van der Waals surface area contributed by atoms with Gasteiger partial charge in [0.05, 0.1) is 40.8 Å². The van der Waals surface area contributed by atoms with Crippen molar-refractivity contribution in [1.82, 2.24) is 19.7 Å². The first-order valence-corrected chi connectivity index (χ1v) is 11.8. The summed E-state index contributed by atoms with van der Waals surface area (Å²) >= 11 is 0. The van der Waals surface area contributed by atoms with Crippen LogP contribution in [0.25, 0.3) is 5.69 Å². The van der Waals surface area contributed by atoms with Crippen LogP contribution in [0.1, 0.15) is 28.5 Å². The molecule has 8 nitrogen and oxygen atoms in total. The summed E-state index contributed by atoms with van der Waals surface area (Å²) in [7, 11) is -3.74. The molecule has 1 aliphatic heterocycles. The Morgan fingerprint density at radius 3 is 2.53 bits per heavy atom. The molecular formula is C21H18F4N4O4S. The zero-order valence-electron chi connectivity index (χ0n) is 17.9. The summed E-state index contributed by atoms with van der Waals surface area (Å²) < 4.78 is 82.8. The van der Waals surface area contributed by atoms with Crippen LogP contribution < -0.4 is 4.74 Å². The third-order valence-corrected chi connectivity index (χ3v) is 6.31.